The topological polar surface area (TPSA) is 78.9 Å². The van der Waals surface area contributed by atoms with Gasteiger partial charge in [-0.15, -0.1) is 0 Å². The maximum absolute atomic E-state index is 12.9. The molecule has 6 heteroatoms. The average Bonchev–Trinajstić information content (AvgIpc) is 3.45. The number of unbranched alkanes of at least 4 members (excludes halogenated alkanes) is 28. The van der Waals surface area contributed by atoms with Gasteiger partial charge in [-0.3, -0.25) is 14.4 Å². The largest absolute Gasteiger partial charge is 0.462 e. The Kier molecular flexibility index (Phi) is 62.8. The van der Waals surface area contributed by atoms with Gasteiger partial charge in [-0.25, -0.2) is 0 Å². The van der Waals surface area contributed by atoms with E-state index in [1.54, 1.807) is 0 Å². The molecule has 0 N–H and O–H groups in total. The highest BCUT2D eigenvalue weighted by molar-refractivity contribution is 5.71. The SMILES string of the molecule is CC/C=C\C/C=C\C/C=C\C/C=C\C/C=C\C/C=C\C/C=C\CCCCCCCCCC(=O)OCC(COC(=O)CCCCCCC/C=C\C/C=C\C/C=C\CC)OC(=O)CCCCCCCCCCCCCCCCCCC. The number of ether oxygens (including phenoxy) is 3. The Bertz CT molecular complexity index is 1640. The van der Waals surface area contributed by atoms with E-state index in [2.05, 4.69) is 142 Å². The zero-order valence-electron chi connectivity index (χ0n) is 51.6. The van der Waals surface area contributed by atoms with Crippen LogP contribution < -0.4 is 0 Å². The molecule has 0 spiro atoms. The standard InChI is InChI=1S/C73H122O6/c1-4-7-10-13-16-19-22-25-28-30-31-32-33-34-35-36-37-38-39-40-41-43-45-48-51-54-57-60-63-66-72(75)78-69-70(68-77-71(74)65-62-59-56-53-50-47-44-27-24-21-18-15-12-9-6-3)79-73(76)67-64-61-58-55-52-49-46-42-29-26-23-20-17-14-11-8-5-2/h7,9-10,12,16,18-19,21,25,27-28,31-32,34-35,37-38,40-41,44,70H,4-6,8,11,13-15,17,20,22-24,26,29-30,33,36,39,42-43,45-69H2,1-3H3/b10-7-,12-9-,19-16-,21-18-,28-25-,32-31-,35-34-,38-37-,41-40-,44-27-. The molecule has 0 rings (SSSR count). The second-order valence-electron chi connectivity index (χ2n) is 21.6. The van der Waals surface area contributed by atoms with Crippen molar-refractivity contribution < 1.29 is 28.6 Å². The number of esters is 3. The van der Waals surface area contributed by atoms with Crippen LogP contribution in [0.25, 0.3) is 0 Å². The molecule has 0 aliphatic rings. The van der Waals surface area contributed by atoms with Gasteiger partial charge in [-0.1, -0.05) is 296 Å². The minimum absolute atomic E-state index is 0.0895. The van der Waals surface area contributed by atoms with Crippen LogP contribution >= 0.6 is 0 Å². The predicted octanol–water partition coefficient (Wildman–Crippen LogP) is 22.8. The molecule has 79 heavy (non-hydrogen) atoms. The molecule has 1 atom stereocenters. The van der Waals surface area contributed by atoms with Crippen molar-refractivity contribution in [1.29, 1.82) is 0 Å². The molecule has 0 heterocycles. The Morgan fingerprint density at radius 3 is 0.772 bits per heavy atom. The predicted molar refractivity (Wildman–Crippen MR) is 343 cm³/mol. The second-order valence-corrected chi connectivity index (χ2v) is 21.6. The van der Waals surface area contributed by atoms with Crippen molar-refractivity contribution in [2.45, 2.75) is 309 Å². The van der Waals surface area contributed by atoms with Crippen LogP contribution in [0, 0.1) is 0 Å². The van der Waals surface area contributed by atoms with Gasteiger partial charge in [0.2, 0.25) is 0 Å². The highest BCUT2D eigenvalue weighted by atomic mass is 16.6. The van der Waals surface area contributed by atoms with Crippen LogP contribution in [-0.4, -0.2) is 37.2 Å². The van der Waals surface area contributed by atoms with Crippen molar-refractivity contribution in [3.63, 3.8) is 0 Å². The van der Waals surface area contributed by atoms with Crippen LogP contribution in [0.2, 0.25) is 0 Å². The van der Waals surface area contributed by atoms with Gasteiger partial charge < -0.3 is 14.2 Å². The van der Waals surface area contributed by atoms with Crippen LogP contribution in [0.15, 0.2) is 122 Å². The fraction of sp³-hybridized carbons (Fsp3) is 0.685. The molecule has 450 valence electrons. The molecular formula is C73H122O6. The Morgan fingerprint density at radius 1 is 0.266 bits per heavy atom. The number of carbonyl (C=O) groups excluding carboxylic acids is 3. The van der Waals surface area contributed by atoms with Gasteiger partial charge in [0, 0.05) is 19.3 Å². The number of hydrogen-bond acceptors (Lipinski definition) is 6. The van der Waals surface area contributed by atoms with Gasteiger partial charge in [0.25, 0.3) is 0 Å². The minimum Gasteiger partial charge on any atom is -0.462 e. The average molecular weight is 1100 g/mol. The first-order valence-electron chi connectivity index (χ1n) is 33.0. The zero-order chi connectivity index (χ0) is 57.1. The maximum atomic E-state index is 12.9. The zero-order valence-corrected chi connectivity index (χ0v) is 51.6. The van der Waals surface area contributed by atoms with E-state index >= 15 is 0 Å². The van der Waals surface area contributed by atoms with Gasteiger partial charge in [-0.2, -0.15) is 0 Å². The van der Waals surface area contributed by atoms with Crippen molar-refractivity contribution in [2.24, 2.45) is 0 Å². The molecular weight excluding hydrogens is 973 g/mol. The summed E-state index contributed by atoms with van der Waals surface area (Å²) in [5, 5.41) is 0. The lowest BCUT2D eigenvalue weighted by molar-refractivity contribution is -0.167. The first kappa shape index (κ1) is 74.8. The molecule has 0 amide bonds. The lowest BCUT2D eigenvalue weighted by Crippen LogP contribution is -2.30. The number of rotatable bonds is 59. The van der Waals surface area contributed by atoms with E-state index < -0.39 is 6.10 Å². The number of allylic oxidation sites excluding steroid dienone is 20. The molecule has 0 fully saturated rings. The van der Waals surface area contributed by atoms with Crippen molar-refractivity contribution in [3.8, 4) is 0 Å². The normalized spacial score (nSPS) is 12.9. The molecule has 0 aromatic rings. The summed E-state index contributed by atoms with van der Waals surface area (Å²) in [6.07, 6.45) is 92.0. The Morgan fingerprint density at radius 2 is 0.494 bits per heavy atom. The van der Waals surface area contributed by atoms with Gasteiger partial charge in [-0.05, 0) is 109 Å². The van der Waals surface area contributed by atoms with Crippen molar-refractivity contribution >= 4 is 17.9 Å². The molecule has 0 aromatic carbocycles. The van der Waals surface area contributed by atoms with Gasteiger partial charge >= 0.3 is 17.9 Å². The third kappa shape index (κ3) is 64.5. The maximum Gasteiger partial charge on any atom is 0.306 e. The highest BCUT2D eigenvalue weighted by Crippen LogP contribution is 2.16. The lowest BCUT2D eigenvalue weighted by atomic mass is 10.0. The smallest absolute Gasteiger partial charge is 0.306 e. The van der Waals surface area contributed by atoms with E-state index in [-0.39, 0.29) is 31.1 Å². The summed E-state index contributed by atoms with van der Waals surface area (Å²) in [6, 6.07) is 0. The lowest BCUT2D eigenvalue weighted by Gasteiger charge is -2.18. The molecule has 0 radical (unpaired) electrons. The summed E-state index contributed by atoms with van der Waals surface area (Å²) in [6.45, 7) is 6.42. The summed E-state index contributed by atoms with van der Waals surface area (Å²) in [4.78, 5) is 38.4. The minimum atomic E-state index is -0.792. The molecule has 0 aromatic heterocycles. The van der Waals surface area contributed by atoms with E-state index in [0.717, 1.165) is 148 Å². The number of carbonyl (C=O) groups is 3. The van der Waals surface area contributed by atoms with Crippen LogP contribution in [0.4, 0.5) is 0 Å². The third-order valence-corrected chi connectivity index (χ3v) is 14.0. The fourth-order valence-corrected chi connectivity index (χ4v) is 9.09. The Balaban J connectivity index is 4.36. The Labute approximate surface area is 488 Å². The molecule has 1 unspecified atom stereocenters. The third-order valence-electron chi connectivity index (χ3n) is 14.0. The summed E-state index contributed by atoms with van der Waals surface area (Å²) < 4.78 is 16.9. The molecule has 0 bridgehead atoms. The van der Waals surface area contributed by atoms with Crippen molar-refractivity contribution in [2.75, 3.05) is 13.2 Å². The summed E-state index contributed by atoms with van der Waals surface area (Å²) in [5.41, 5.74) is 0. The quantitative estimate of drug-likeness (QED) is 0.0261. The monoisotopic (exact) mass is 1090 g/mol. The van der Waals surface area contributed by atoms with Gasteiger partial charge in [0.15, 0.2) is 6.10 Å². The summed E-state index contributed by atoms with van der Waals surface area (Å²) in [5.74, 6) is -0.907. The van der Waals surface area contributed by atoms with Crippen LogP contribution in [0.5, 0.6) is 0 Å². The van der Waals surface area contributed by atoms with E-state index in [0.29, 0.717) is 19.3 Å². The van der Waals surface area contributed by atoms with Crippen LogP contribution in [-0.2, 0) is 28.6 Å². The molecule has 0 saturated carbocycles. The van der Waals surface area contributed by atoms with E-state index in [1.807, 2.05) is 0 Å². The first-order chi connectivity index (χ1) is 39.0. The van der Waals surface area contributed by atoms with Crippen LogP contribution in [0.1, 0.15) is 303 Å². The van der Waals surface area contributed by atoms with Crippen molar-refractivity contribution in [3.05, 3.63) is 122 Å². The highest BCUT2D eigenvalue weighted by Gasteiger charge is 2.19. The first-order valence-corrected chi connectivity index (χ1v) is 33.0. The van der Waals surface area contributed by atoms with Crippen molar-refractivity contribution in [1.82, 2.24) is 0 Å². The van der Waals surface area contributed by atoms with E-state index in [9.17, 15) is 14.4 Å². The van der Waals surface area contributed by atoms with Crippen LogP contribution in [0.3, 0.4) is 0 Å². The van der Waals surface area contributed by atoms with E-state index in [1.165, 1.54) is 116 Å². The molecule has 6 nitrogen and oxygen atoms in total. The summed E-state index contributed by atoms with van der Waals surface area (Å²) >= 11 is 0. The number of hydrogen-bond donors (Lipinski definition) is 0. The van der Waals surface area contributed by atoms with E-state index in [4.69, 9.17) is 14.2 Å². The van der Waals surface area contributed by atoms with Gasteiger partial charge in [0.1, 0.15) is 13.2 Å². The molecule has 0 aliphatic carbocycles. The fourth-order valence-electron chi connectivity index (χ4n) is 9.09. The second kappa shape index (κ2) is 66.3. The van der Waals surface area contributed by atoms with Gasteiger partial charge in [0.05, 0.1) is 0 Å². The molecule has 0 saturated heterocycles. The molecule has 0 aliphatic heterocycles. The summed E-state index contributed by atoms with van der Waals surface area (Å²) in [7, 11) is 0. The Hall–Kier alpha value is -4.19.